The van der Waals surface area contributed by atoms with Crippen LogP contribution in [-0.2, 0) is 14.3 Å². The molecule has 0 unspecified atom stereocenters. The van der Waals surface area contributed by atoms with E-state index in [1.54, 1.807) is 18.2 Å². The first-order chi connectivity index (χ1) is 8.60. The zero-order valence-corrected chi connectivity index (χ0v) is 11.2. The van der Waals surface area contributed by atoms with Crippen molar-refractivity contribution < 1.29 is 23.5 Å². The molecule has 0 heterocycles. The fourth-order valence-electron chi connectivity index (χ4n) is 1.22. The molecule has 0 bridgehead atoms. The number of alkyl halides is 2. The minimum atomic E-state index is -1.66. The number of hydrogen-bond donors (Lipinski definition) is 0. The van der Waals surface area contributed by atoms with E-state index in [2.05, 4.69) is 20.7 Å². The Morgan fingerprint density at radius 1 is 1.33 bits per heavy atom. The fourth-order valence-corrected chi connectivity index (χ4v) is 1.56. The summed E-state index contributed by atoms with van der Waals surface area (Å²) in [4.78, 5) is 23.0. The van der Waals surface area contributed by atoms with Crippen LogP contribution < -0.4 is 0 Å². The van der Waals surface area contributed by atoms with Gasteiger partial charge in [-0.1, -0.05) is 34.1 Å². The van der Waals surface area contributed by atoms with Gasteiger partial charge in [-0.25, -0.2) is 14.0 Å². The molecule has 0 aliphatic heterocycles. The van der Waals surface area contributed by atoms with Crippen LogP contribution in [0.4, 0.5) is 4.39 Å². The van der Waals surface area contributed by atoms with Crippen LogP contribution in [-0.4, -0.2) is 36.7 Å². The van der Waals surface area contributed by atoms with Gasteiger partial charge in [0, 0.05) is 5.33 Å². The van der Waals surface area contributed by atoms with Gasteiger partial charge in [0.1, 0.15) is 0 Å². The maximum Gasteiger partial charge on any atom is 0.350 e. The second-order valence-corrected chi connectivity index (χ2v) is 4.03. The molecule has 6 heteroatoms. The van der Waals surface area contributed by atoms with Crippen LogP contribution in [0.2, 0.25) is 0 Å². The van der Waals surface area contributed by atoms with Gasteiger partial charge in [-0.05, 0) is 12.1 Å². The Hall–Kier alpha value is -1.43. The Morgan fingerprint density at radius 3 is 2.44 bits per heavy atom. The van der Waals surface area contributed by atoms with Gasteiger partial charge in [0.2, 0.25) is 6.10 Å². The monoisotopic (exact) mass is 318 g/mol. The van der Waals surface area contributed by atoms with Crippen molar-refractivity contribution in [3.05, 3.63) is 35.9 Å². The molecule has 1 rings (SSSR count). The average Bonchev–Trinajstić information content (AvgIpc) is 2.43. The van der Waals surface area contributed by atoms with Crippen LogP contribution in [0, 0.1) is 0 Å². The zero-order valence-electron chi connectivity index (χ0n) is 9.64. The van der Waals surface area contributed by atoms with Gasteiger partial charge in [-0.3, -0.25) is 0 Å². The summed E-state index contributed by atoms with van der Waals surface area (Å²) >= 11 is 2.88. The van der Waals surface area contributed by atoms with E-state index in [1.165, 1.54) is 12.1 Å². The molecule has 0 N–H and O–H groups in total. The number of halogens is 2. The third kappa shape index (κ3) is 3.80. The highest BCUT2D eigenvalue weighted by Gasteiger charge is 2.32. The highest BCUT2D eigenvalue weighted by Crippen LogP contribution is 2.12. The van der Waals surface area contributed by atoms with Crippen LogP contribution in [0.25, 0.3) is 0 Å². The third-order valence-corrected chi connectivity index (χ3v) is 2.77. The minimum absolute atomic E-state index is 0.130. The summed E-state index contributed by atoms with van der Waals surface area (Å²) in [7, 11) is 1.10. The largest absolute Gasteiger partial charge is 0.466 e. The summed E-state index contributed by atoms with van der Waals surface area (Å²) in [6.45, 7) is 0. The van der Waals surface area contributed by atoms with E-state index < -0.39 is 24.2 Å². The summed E-state index contributed by atoms with van der Waals surface area (Å²) in [6.07, 6.45) is -3.23. The van der Waals surface area contributed by atoms with Gasteiger partial charge in [0.05, 0.1) is 12.7 Å². The molecule has 1 aromatic rings. The lowest BCUT2D eigenvalue weighted by molar-refractivity contribution is -0.154. The molecule has 4 nitrogen and oxygen atoms in total. The standard InChI is InChI=1S/C12H12BrFO4/c1-17-12(16)10(9(14)7-13)18-11(15)8-5-3-2-4-6-8/h2-6,9-10H,7H2,1H3/t9-,10+/m1/s1. The summed E-state index contributed by atoms with van der Waals surface area (Å²) in [5.74, 6) is -1.69. The molecule has 0 aliphatic carbocycles. The van der Waals surface area contributed by atoms with Crippen molar-refractivity contribution in [2.24, 2.45) is 0 Å². The van der Waals surface area contributed by atoms with Crippen LogP contribution in [0.15, 0.2) is 30.3 Å². The highest BCUT2D eigenvalue weighted by atomic mass is 79.9. The third-order valence-electron chi connectivity index (χ3n) is 2.15. The number of carbonyl (C=O) groups excluding carboxylic acids is 2. The van der Waals surface area contributed by atoms with Crippen molar-refractivity contribution in [1.29, 1.82) is 0 Å². The van der Waals surface area contributed by atoms with Crippen molar-refractivity contribution >= 4 is 27.9 Å². The van der Waals surface area contributed by atoms with Crippen molar-refractivity contribution in [2.75, 3.05) is 12.4 Å². The van der Waals surface area contributed by atoms with Gasteiger partial charge in [-0.15, -0.1) is 0 Å². The van der Waals surface area contributed by atoms with Gasteiger partial charge in [-0.2, -0.15) is 0 Å². The predicted octanol–water partition coefficient (Wildman–Crippen LogP) is 2.12. The number of rotatable bonds is 5. The van der Waals surface area contributed by atoms with Gasteiger partial charge < -0.3 is 9.47 Å². The predicted molar refractivity (Wildman–Crippen MR) is 66.4 cm³/mol. The fraction of sp³-hybridized carbons (Fsp3) is 0.333. The first-order valence-electron chi connectivity index (χ1n) is 5.14. The number of methoxy groups -OCH3 is 1. The van der Waals surface area contributed by atoms with E-state index in [0.717, 1.165) is 7.11 Å². The Kier molecular flexibility index (Phi) is 5.77. The molecule has 1 aromatic carbocycles. The maximum absolute atomic E-state index is 13.5. The molecule has 0 fully saturated rings. The first-order valence-corrected chi connectivity index (χ1v) is 6.26. The highest BCUT2D eigenvalue weighted by molar-refractivity contribution is 9.09. The molecule has 0 amide bonds. The molecule has 0 spiro atoms. The molecule has 0 aliphatic rings. The van der Waals surface area contributed by atoms with Crippen molar-refractivity contribution in [3.8, 4) is 0 Å². The Labute approximate surface area is 112 Å². The topological polar surface area (TPSA) is 52.6 Å². The number of carbonyl (C=O) groups is 2. The Bertz CT molecular complexity index is 410. The summed E-state index contributed by atoms with van der Waals surface area (Å²) in [5.41, 5.74) is 0.244. The summed E-state index contributed by atoms with van der Waals surface area (Å²) in [6, 6.07) is 8.03. The quantitative estimate of drug-likeness (QED) is 0.616. The molecule has 0 aromatic heterocycles. The molecule has 0 saturated heterocycles. The second kappa shape index (κ2) is 7.10. The average molecular weight is 319 g/mol. The lowest BCUT2D eigenvalue weighted by atomic mass is 10.2. The summed E-state index contributed by atoms with van der Waals surface area (Å²) < 4.78 is 22.7. The molecule has 2 atom stereocenters. The van der Waals surface area contributed by atoms with Crippen LogP contribution >= 0.6 is 15.9 Å². The molecule has 0 saturated carbocycles. The molecule has 98 valence electrons. The van der Waals surface area contributed by atoms with Crippen LogP contribution in [0.3, 0.4) is 0 Å². The SMILES string of the molecule is COC(=O)[C@@H](OC(=O)c1ccccc1)[C@H](F)CBr. The van der Waals surface area contributed by atoms with Gasteiger partial charge in [0.25, 0.3) is 0 Å². The first kappa shape index (κ1) is 14.6. The van der Waals surface area contributed by atoms with Crippen molar-refractivity contribution in [3.63, 3.8) is 0 Å². The lowest BCUT2D eigenvalue weighted by Gasteiger charge is -2.17. The Balaban J connectivity index is 2.78. The van der Waals surface area contributed by atoms with E-state index in [9.17, 15) is 14.0 Å². The molecular weight excluding hydrogens is 307 g/mol. The lowest BCUT2D eigenvalue weighted by Crippen LogP contribution is -2.37. The number of hydrogen-bond acceptors (Lipinski definition) is 4. The Morgan fingerprint density at radius 2 is 1.94 bits per heavy atom. The smallest absolute Gasteiger partial charge is 0.350 e. The van der Waals surface area contributed by atoms with Crippen molar-refractivity contribution in [1.82, 2.24) is 0 Å². The maximum atomic E-state index is 13.5. The van der Waals surface area contributed by atoms with E-state index in [4.69, 9.17) is 4.74 Å². The van der Waals surface area contributed by atoms with Crippen LogP contribution in [0.5, 0.6) is 0 Å². The van der Waals surface area contributed by atoms with E-state index in [1.807, 2.05) is 0 Å². The normalized spacial score (nSPS) is 13.5. The van der Waals surface area contributed by atoms with Gasteiger partial charge >= 0.3 is 11.9 Å². The van der Waals surface area contributed by atoms with Crippen molar-refractivity contribution in [2.45, 2.75) is 12.3 Å². The minimum Gasteiger partial charge on any atom is -0.466 e. The second-order valence-electron chi connectivity index (χ2n) is 3.39. The molecule has 0 radical (unpaired) electrons. The number of ether oxygens (including phenoxy) is 2. The van der Waals surface area contributed by atoms with E-state index in [0.29, 0.717) is 0 Å². The molecule has 18 heavy (non-hydrogen) atoms. The van der Waals surface area contributed by atoms with E-state index in [-0.39, 0.29) is 10.9 Å². The summed E-state index contributed by atoms with van der Waals surface area (Å²) in [5, 5.41) is -0.130. The zero-order chi connectivity index (χ0) is 13.5. The van der Waals surface area contributed by atoms with Gasteiger partial charge in [0.15, 0.2) is 6.17 Å². The number of benzene rings is 1. The van der Waals surface area contributed by atoms with E-state index >= 15 is 0 Å². The number of esters is 2. The van der Waals surface area contributed by atoms with Crippen LogP contribution in [0.1, 0.15) is 10.4 Å². The molecular formula is C12H12BrFO4.